The number of rotatable bonds is 2. The van der Waals surface area contributed by atoms with Gasteiger partial charge in [-0.05, 0) is 39.7 Å². The Morgan fingerprint density at radius 3 is 2.96 bits per heavy atom. The number of fused-ring (bicyclic) bond motifs is 1. The summed E-state index contributed by atoms with van der Waals surface area (Å²) in [5.41, 5.74) is 1.05. The number of amides is 1. The largest absolute Gasteiger partial charge is 0.444 e. The van der Waals surface area contributed by atoms with Crippen molar-refractivity contribution in [3.05, 3.63) is 24.4 Å². The molecule has 1 N–H and O–H groups in total. The van der Waals surface area contributed by atoms with Crippen LogP contribution in [0.5, 0.6) is 0 Å². The van der Waals surface area contributed by atoms with Crippen LogP contribution in [0.3, 0.4) is 0 Å². The number of benzene rings is 1. The van der Waals surface area contributed by atoms with Gasteiger partial charge in [-0.25, -0.2) is 14.8 Å². The number of likely N-dealkylation sites (tertiary alicyclic amines) is 1. The van der Waals surface area contributed by atoms with Crippen molar-refractivity contribution in [2.45, 2.75) is 45.3 Å². The minimum atomic E-state index is -0.485. The second-order valence-corrected chi connectivity index (χ2v) is 7.42. The van der Waals surface area contributed by atoms with Crippen molar-refractivity contribution in [2.24, 2.45) is 0 Å². The number of ether oxygens (including phenoxy) is 1. The average Bonchev–Trinajstić information content (AvgIpc) is 2.54. The van der Waals surface area contributed by atoms with Gasteiger partial charge in [-0.3, -0.25) is 0 Å². The van der Waals surface area contributed by atoms with Crippen molar-refractivity contribution in [1.29, 1.82) is 0 Å². The molecule has 2 heterocycles. The monoisotopic (exact) mass is 338 g/mol. The van der Waals surface area contributed by atoms with Crippen molar-refractivity contribution in [2.75, 3.05) is 18.4 Å². The topological polar surface area (TPSA) is 67.4 Å². The molecule has 1 amide bonds. The van der Waals surface area contributed by atoms with Crippen LogP contribution in [0, 0.1) is 0 Å². The number of piperidine rings is 1. The number of anilines is 1. The van der Waals surface area contributed by atoms with Gasteiger partial charge in [0.1, 0.15) is 13.4 Å². The third kappa shape index (κ3) is 4.62. The molecule has 1 saturated heterocycles. The molecule has 0 bridgehead atoms. The fraction of sp³-hybridized carbons (Fsp3) is 0.500. The van der Waals surface area contributed by atoms with Gasteiger partial charge in [0.05, 0.1) is 5.52 Å². The molecule has 2 aromatic rings. The molecule has 1 aromatic carbocycles. The number of hydrogen-bond acceptors (Lipinski definition) is 5. The van der Waals surface area contributed by atoms with E-state index in [1.807, 2.05) is 39.0 Å². The average molecular weight is 338 g/mol. The van der Waals surface area contributed by atoms with Gasteiger partial charge >= 0.3 is 6.09 Å². The number of hydrogen-bond donors (Lipinski definition) is 1. The number of nitrogens with zero attached hydrogens (tertiary/aromatic N) is 3. The predicted molar refractivity (Wildman–Crippen MR) is 99.4 cm³/mol. The van der Waals surface area contributed by atoms with E-state index in [0.717, 1.165) is 23.7 Å². The van der Waals surface area contributed by atoms with Crippen LogP contribution in [0.25, 0.3) is 10.9 Å². The molecule has 25 heavy (non-hydrogen) atoms. The Balaban J connectivity index is 1.66. The van der Waals surface area contributed by atoms with Gasteiger partial charge in [-0.15, -0.1) is 0 Å². The van der Waals surface area contributed by atoms with E-state index in [0.29, 0.717) is 24.5 Å². The van der Waals surface area contributed by atoms with Crippen LogP contribution in [-0.2, 0) is 4.74 Å². The molecular formula is C18H23BN4O2. The quantitative estimate of drug-likeness (QED) is 0.851. The molecule has 1 aliphatic heterocycles. The van der Waals surface area contributed by atoms with E-state index >= 15 is 0 Å². The Morgan fingerprint density at radius 2 is 2.20 bits per heavy atom. The fourth-order valence-corrected chi connectivity index (χ4v) is 2.89. The molecule has 1 aromatic heterocycles. The Bertz CT molecular complexity index is 775. The lowest BCUT2D eigenvalue weighted by Crippen LogP contribution is -2.47. The predicted octanol–water partition coefficient (Wildman–Crippen LogP) is 2.23. The Hall–Kier alpha value is -2.31. The van der Waals surface area contributed by atoms with Crippen molar-refractivity contribution < 1.29 is 9.53 Å². The van der Waals surface area contributed by atoms with Gasteiger partial charge in [-0.2, -0.15) is 0 Å². The molecule has 2 radical (unpaired) electrons. The molecule has 6 nitrogen and oxygen atoms in total. The van der Waals surface area contributed by atoms with Crippen LogP contribution in [-0.4, -0.2) is 53.5 Å². The Morgan fingerprint density at radius 1 is 1.40 bits per heavy atom. The van der Waals surface area contributed by atoms with Crippen LogP contribution < -0.4 is 10.8 Å². The van der Waals surface area contributed by atoms with Gasteiger partial charge in [0, 0.05) is 30.7 Å². The molecule has 7 heteroatoms. The molecule has 1 unspecified atom stereocenters. The maximum atomic E-state index is 12.3. The molecular weight excluding hydrogens is 315 g/mol. The molecule has 3 rings (SSSR count). The SMILES string of the molecule is [B]c1ccc2nc(NC3CCCN(C(=O)OC(C)(C)C)C3)ncc2c1. The summed E-state index contributed by atoms with van der Waals surface area (Å²) in [7, 11) is 5.78. The number of carbonyl (C=O) groups is 1. The lowest BCUT2D eigenvalue weighted by atomic mass is 9.95. The zero-order chi connectivity index (χ0) is 18.0. The zero-order valence-corrected chi connectivity index (χ0v) is 15.0. The Labute approximate surface area is 149 Å². The van der Waals surface area contributed by atoms with Crippen LogP contribution in [0.2, 0.25) is 0 Å². The first-order valence-corrected chi connectivity index (χ1v) is 8.57. The first kappa shape index (κ1) is 17.5. The minimum Gasteiger partial charge on any atom is -0.444 e. The summed E-state index contributed by atoms with van der Waals surface area (Å²) in [6, 6.07) is 5.66. The van der Waals surface area contributed by atoms with E-state index in [4.69, 9.17) is 12.6 Å². The highest BCUT2D eigenvalue weighted by Gasteiger charge is 2.27. The first-order valence-electron chi connectivity index (χ1n) is 8.57. The van der Waals surface area contributed by atoms with E-state index < -0.39 is 5.60 Å². The van der Waals surface area contributed by atoms with Crippen LogP contribution in [0.4, 0.5) is 10.7 Å². The molecule has 1 fully saturated rings. The number of nitrogens with one attached hydrogen (secondary N) is 1. The second kappa shape index (κ2) is 6.90. The van der Waals surface area contributed by atoms with Crippen molar-refractivity contribution in [3.8, 4) is 0 Å². The zero-order valence-electron chi connectivity index (χ0n) is 15.0. The van der Waals surface area contributed by atoms with E-state index in [1.165, 1.54) is 0 Å². The first-order chi connectivity index (χ1) is 11.8. The summed E-state index contributed by atoms with van der Waals surface area (Å²) >= 11 is 0. The molecule has 1 aliphatic rings. The third-order valence-electron chi connectivity index (χ3n) is 4.01. The molecule has 0 saturated carbocycles. The Kier molecular flexibility index (Phi) is 4.83. The lowest BCUT2D eigenvalue weighted by molar-refractivity contribution is 0.0206. The second-order valence-electron chi connectivity index (χ2n) is 7.42. The standard InChI is InChI=1S/C18H23BN4O2/c1-18(2,3)25-17(24)23-8-4-5-14(11-23)21-16-20-10-12-9-13(19)6-7-15(12)22-16/h6-7,9-10,14H,4-5,8,11H2,1-3H3,(H,20,21,22). The number of aromatic nitrogens is 2. The van der Waals surface area contributed by atoms with Gasteiger partial charge < -0.3 is 15.0 Å². The van der Waals surface area contributed by atoms with E-state index in [9.17, 15) is 4.79 Å². The highest BCUT2D eigenvalue weighted by molar-refractivity contribution is 6.33. The van der Waals surface area contributed by atoms with Crippen LogP contribution >= 0.6 is 0 Å². The van der Waals surface area contributed by atoms with Crippen molar-refractivity contribution in [3.63, 3.8) is 0 Å². The molecule has 0 spiro atoms. The third-order valence-corrected chi connectivity index (χ3v) is 4.01. The summed E-state index contributed by atoms with van der Waals surface area (Å²) in [5.74, 6) is 0.563. The lowest BCUT2D eigenvalue weighted by Gasteiger charge is -2.34. The fourth-order valence-electron chi connectivity index (χ4n) is 2.89. The summed E-state index contributed by atoms with van der Waals surface area (Å²) in [4.78, 5) is 22.9. The highest BCUT2D eigenvalue weighted by atomic mass is 16.6. The van der Waals surface area contributed by atoms with Crippen LogP contribution in [0.1, 0.15) is 33.6 Å². The molecule has 0 aliphatic carbocycles. The summed E-state index contributed by atoms with van der Waals surface area (Å²) in [6.07, 6.45) is 3.37. The number of carbonyl (C=O) groups excluding carboxylic acids is 1. The molecule has 1 atom stereocenters. The maximum Gasteiger partial charge on any atom is 0.410 e. The highest BCUT2D eigenvalue weighted by Crippen LogP contribution is 2.18. The van der Waals surface area contributed by atoms with E-state index in [-0.39, 0.29) is 12.1 Å². The minimum absolute atomic E-state index is 0.104. The smallest absolute Gasteiger partial charge is 0.410 e. The molecule has 130 valence electrons. The van der Waals surface area contributed by atoms with Gasteiger partial charge in [0.25, 0.3) is 0 Å². The van der Waals surface area contributed by atoms with Crippen LogP contribution in [0.15, 0.2) is 24.4 Å². The van der Waals surface area contributed by atoms with Gasteiger partial charge in [-0.1, -0.05) is 17.6 Å². The van der Waals surface area contributed by atoms with Gasteiger partial charge in [0.15, 0.2) is 0 Å². The normalized spacial score (nSPS) is 18.2. The summed E-state index contributed by atoms with van der Waals surface area (Å²) < 4.78 is 5.46. The maximum absolute atomic E-state index is 12.3. The van der Waals surface area contributed by atoms with E-state index in [1.54, 1.807) is 11.1 Å². The van der Waals surface area contributed by atoms with Crippen molar-refractivity contribution in [1.82, 2.24) is 14.9 Å². The summed E-state index contributed by atoms with van der Waals surface area (Å²) in [5, 5.41) is 4.24. The summed E-state index contributed by atoms with van der Waals surface area (Å²) in [6.45, 7) is 6.92. The van der Waals surface area contributed by atoms with E-state index in [2.05, 4.69) is 15.3 Å². The van der Waals surface area contributed by atoms with Gasteiger partial charge in [0.2, 0.25) is 5.95 Å². The van der Waals surface area contributed by atoms with Crippen molar-refractivity contribution >= 4 is 36.3 Å².